The highest BCUT2D eigenvalue weighted by Gasteiger charge is 2.49. The molecular formula is C32H45N3O4. The maximum atomic E-state index is 14.5. The number of ether oxygens (including phenoxy) is 1. The van der Waals surface area contributed by atoms with E-state index in [1.54, 1.807) is 25.7 Å². The zero-order chi connectivity index (χ0) is 29.1. The Balaban J connectivity index is 2.08. The van der Waals surface area contributed by atoms with Gasteiger partial charge in [-0.3, -0.25) is 9.59 Å². The Kier molecular flexibility index (Phi) is 9.47. The van der Waals surface area contributed by atoms with Gasteiger partial charge in [-0.15, -0.1) is 0 Å². The molecule has 0 aromatic heterocycles. The van der Waals surface area contributed by atoms with Crippen LogP contribution in [0.25, 0.3) is 0 Å². The van der Waals surface area contributed by atoms with Crippen LogP contribution in [0.4, 0.5) is 10.5 Å². The summed E-state index contributed by atoms with van der Waals surface area (Å²) in [5.41, 5.74) is 3.65. The first-order chi connectivity index (χ1) is 18.2. The Morgan fingerprint density at radius 1 is 1.00 bits per heavy atom. The number of anilines is 1. The van der Waals surface area contributed by atoms with E-state index in [4.69, 9.17) is 4.74 Å². The van der Waals surface area contributed by atoms with E-state index in [9.17, 15) is 14.4 Å². The number of amides is 3. The lowest BCUT2D eigenvalue weighted by atomic mass is 9.94. The summed E-state index contributed by atoms with van der Waals surface area (Å²) in [5, 5.41) is 5.99. The predicted octanol–water partition coefficient (Wildman–Crippen LogP) is 6.47. The minimum atomic E-state index is -0.861. The number of nitrogens with zero attached hydrogens (tertiary/aromatic N) is 1. The zero-order valence-corrected chi connectivity index (χ0v) is 24.9. The summed E-state index contributed by atoms with van der Waals surface area (Å²) < 4.78 is 5.51. The largest absolute Gasteiger partial charge is 0.444 e. The van der Waals surface area contributed by atoms with E-state index in [0.717, 1.165) is 34.4 Å². The van der Waals surface area contributed by atoms with Gasteiger partial charge in [0.1, 0.15) is 17.7 Å². The van der Waals surface area contributed by atoms with Gasteiger partial charge in [0.15, 0.2) is 0 Å². The number of para-hydroxylation sites is 1. The highest BCUT2D eigenvalue weighted by Crippen LogP contribution is 2.42. The van der Waals surface area contributed by atoms with Crippen molar-refractivity contribution in [2.75, 3.05) is 5.32 Å². The van der Waals surface area contributed by atoms with Gasteiger partial charge in [0.2, 0.25) is 5.91 Å². The molecule has 0 saturated heterocycles. The second kappa shape index (κ2) is 12.2. The molecule has 212 valence electrons. The Hall–Kier alpha value is -3.35. The van der Waals surface area contributed by atoms with Crippen molar-refractivity contribution in [2.45, 2.75) is 98.9 Å². The van der Waals surface area contributed by atoms with Gasteiger partial charge in [0, 0.05) is 11.7 Å². The van der Waals surface area contributed by atoms with Gasteiger partial charge in [-0.25, -0.2) is 4.79 Å². The minimum absolute atomic E-state index is 0.113. The summed E-state index contributed by atoms with van der Waals surface area (Å²) in [6.07, 6.45) is 0.825. The van der Waals surface area contributed by atoms with Crippen LogP contribution < -0.4 is 10.6 Å². The zero-order valence-electron chi connectivity index (χ0n) is 24.9. The van der Waals surface area contributed by atoms with Crippen molar-refractivity contribution in [3.05, 3.63) is 64.7 Å². The van der Waals surface area contributed by atoms with Crippen molar-refractivity contribution in [1.82, 2.24) is 10.2 Å². The second-order valence-electron chi connectivity index (χ2n) is 12.1. The van der Waals surface area contributed by atoms with Crippen LogP contribution in [-0.4, -0.2) is 40.5 Å². The lowest BCUT2D eigenvalue weighted by Gasteiger charge is -2.37. The Morgan fingerprint density at radius 2 is 1.56 bits per heavy atom. The fourth-order valence-electron chi connectivity index (χ4n) is 4.96. The second-order valence-corrected chi connectivity index (χ2v) is 12.1. The molecule has 7 heteroatoms. The number of carbonyl (C=O) groups excluding carboxylic acids is 3. The van der Waals surface area contributed by atoms with E-state index in [1.807, 2.05) is 77.1 Å². The molecule has 5 atom stereocenters. The van der Waals surface area contributed by atoms with Gasteiger partial charge in [-0.2, -0.15) is 0 Å². The highest BCUT2D eigenvalue weighted by atomic mass is 16.6. The van der Waals surface area contributed by atoms with Crippen molar-refractivity contribution in [3.8, 4) is 0 Å². The van der Waals surface area contributed by atoms with Crippen LogP contribution in [0.3, 0.4) is 0 Å². The first-order valence-corrected chi connectivity index (χ1v) is 14.0. The molecule has 1 aliphatic carbocycles. The smallest absolute Gasteiger partial charge is 0.408 e. The number of carbonyl (C=O) groups is 3. The third-order valence-electron chi connectivity index (χ3n) is 7.57. The standard InChI is InChI=1S/C32H45N3O4/c1-10-19(2)27(34-31(38)39-32(7,8)9)30(37)35(25-18-23(25)6)28(24-17-12-11-14-20(24)3)29(36)33-26-21(4)15-13-16-22(26)5/h11-17,19,23,25,27-28H,10,18H2,1-9H3,(H,33,36)(H,34,38). The Bertz CT molecular complexity index is 1180. The van der Waals surface area contributed by atoms with Crippen LogP contribution in [0, 0.1) is 32.6 Å². The summed E-state index contributed by atoms with van der Waals surface area (Å²) >= 11 is 0. The van der Waals surface area contributed by atoms with Crippen molar-refractivity contribution in [2.24, 2.45) is 11.8 Å². The van der Waals surface area contributed by atoms with Gasteiger partial charge >= 0.3 is 6.09 Å². The molecule has 2 aromatic rings. The average molecular weight is 536 g/mol. The SMILES string of the molecule is CCC(C)C(NC(=O)OC(C)(C)C)C(=O)N(C(C(=O)Nc1c(C)cccc1C)c1ccccc1C)C1CC1C. The molecule has 0 spiro atoms. The summed E-state index contributed by atoms with van der Waals surface area (Å²) in [4.78, 5) is 43.2. The van der Waals surface area contributed by atoms with E-state index in [1.165, 1.54) is 0 Å². The lowest BCUT2D eigenvalue weighted by molar-refractivity contribution is -0.142. The molecule has 7 nitrogen and oxygen atoms in total. The molecule has 0 heterocycles. The van der Waals surface area contributed by atoms with Crippen molar-refractivity contribution < 1.29 is 19.1 Å². The predicted molar refractivity (Wildman–Crippen MR) is 155 cm³/mol. The minimum Gasteiger partial charge on any atom is -0.444 e. The third kappa shape index (κ3) is 7.40. The fourth-order valence-corrected chi connectivity index (χ4v) is 4.96. The molecule has 1 saturated carbocycles. The number of alkyl carbamates (subject to hydrolysis) is 1. The molecule has 1 fully saturated rings. The lowest BCUT2D eigenvalue weighted by Crippen LogP contribution is -2.55. The van der Waals surface area contributed by atoms with E-state index >= 15 is 0 Å². The van der Waals surface area contributed by atoms with Crippen molar-refractivity contribution >= 4 is 23.6 Å². The number of nitrogens with one attached hydrogen (secondary N) is 2. The number of aryl methyl sites for hydroxylation is 3. The topological polar surface area (TPSA) is 87.7 Å². The molecule has 5 unspecified atom stereocenters. The summed E-state index contributed by atoms with van der Waals surface area (Å²) in [6, 6.07) is 11.8. The Labute approximate surface area is 233 Å². The van der Waals surface area contributed by atoms with Gasteiger partial charge < -0.3 is 20.3 Å². The molecule has 2 N–H and O–H groups in total. The molecule has 3 amide bonds. The molecule has 0 aliphatic heterocycles. The van der Waals surface area contributed by atoms with Crippen LogP contribution in [0.2, 0.25) is 0 Å². The first kappa shape index (κ1) is 30.2. The van der Waals surface area contributed by atoms with Gasteiger partial charge in [0.25, 0.3) is 5.91 Å². The van der Waals surface area contributed by atoms with Crippen molar-refractivity contribution in [3.63, 3.8) is 0 Å². The third-order valence-corrected chi connectivity index (χ3v) is 7.57. The normalized spacial score (nSPS) is 18.9. The Morgan fingerprint density at radius 3 is 2.08 bits per heavy atom. The molecule has 1 aliphatic rings. The van der Waals surface area contributed by atoms with Crippen LogP contribution in [-0.2, 0) is 14.3 Å². The molecule has 0 radical (unpaired) electrons. The molecular weight excluding hydrogens is 490 g/mol. The number of benzene rings is 2. The first-order valence-electron chi connectivity index (χ1n) is 14.0. The molecule has 3 rings (SSSR count). The van der Waals surface area contributed by atoms with E-state index in [2.05, 4.69) is 17.6 Å². The quantitative estimate of drug-likeness (QED) is 0.385. The van der Waals surface area contributed by atoms with E-state index < -0.39 is 23.8 Å². The monoisotopic (exact) mass is 535 g/mol. The average Bonchev–Trinajstić information content (AvgIpc) is 3.57. The highest BCUT2D eigenvalue weighted by molar-refractivity contribution is 6.00. The maximum absolute atomic E-state index is 14.5. The van der Waals surface area contributed by atoms with Gasteiger partial charge in [-0.05, 0) is 82.1 Å². The molecule has 0 bridgehead atoms. The molecule has 2 aromatic carbocycles. The van der Waals surface area contributed by atoms with Crippen LogP contribution >= 0.6 is 0 Å². The van der Waals surface area contributed by atoms with Crippen LogP contribution in [0.1, 0.15) is 82.7 Å². The summed E-state index contributed by atoms with van der Waals surface area (Å²) in [5.74, 6) is -0.461. The summed E-state index contributed by atoms with van der Waals surface area (Å²) in [7, 11) is 0. The van der Waals surface area contributed by atoms with E-state index in [-0.39, 0.29) is 29.7 Å². The number of rotatable bonds is 9. The van der Waals surface area contributed by atoms with Crippen LogP contribution in [0.15, 0.2) is 42.5 Å². The van der Waals surface area contributed by atoms with Gasteiger partial charge in [0.05, 0.1) is 0 Å². The molecule has 39 heavy (non-hydrogen) atoms. The van der Waals surface area contributed by atoms with E-state index in [0.29, 0.717) is 6.42 Å². The van der Waals surface area contributed by atoms with Crippen LogP contribution in [0.5, 0.6) is 0 Å². The number of hydrogen-bond donors (Lipinski definition) is 2. The maximum Gasteiger partial charge on any atom is 0.408 e. The fraction of sp³-hybridized carbons (Fsp3) is 0.531. The van der Waals surface area contributed by atoms with Gasteiger partial charge in [-0.1, -0.05) is 69.7 Å². The summed E-state index contributed by atoms with van der Waals surface area (Å²) in [6.45, 7) is 17.3. The number of hydrogen-bond acceptors (Lipinski definition) is 4. The van der Waals surface area contributed by atoms with Crippen molar-refractivity contribution in [1.29, 1.82) is 0 Å².